The quantitative estimate of drug-likeness (QED) is 0.108. The number of primary amides is 1. The molecule has 3 aliphatic rings. The third kappa shape index (κ3) is 11.2. The molecule has 268 valence electrons. The summed E-state index contributed by atoms with van der Waals surface area (Å²) in [6, 6.07) is 7.39. The van der Waals surface area contributed by atoms with Crippen LogP contribution in [0.5, 0.6) is 0 Å². The molecular weight excluding hydrogens is 616 g/mol. The Hall–Kier alpha value is -4.21. The zero-order valence-electron chi connectivity index (χ0n) is 29.8. The van der Waals surface area contributed by atoms with Crippen molar-refractivity contribution in [2.75, 3.05) is 13.1 Å². The molecule has 1 aromatic carbocycles. The van der Waals surface area contributed by atoms with Crippen molar-refractivity contribution in [1.29, 1.82) is 0 Å². The Labute approximate surface area is 293 Å². The number of benzene rings is 1. The summed E-state index contributed by atoms with van der Waals surface area (Å²) >= 11 is 0. The van der Waals surface area contributed by atoms with Crippen molar-refractivity contribution in [2.45, 2.75) is 115 Å². The average molecular weight is 675 g/mol. The van der Waals surface area contributed by atoms with Crippen molar-refractivity contribution in [3.63, 3.8) is 0 Å². The van der Waals surface area contributed by atoms with Crippen LogP contribution in [-0.4, -0.2) is 59.4 Å². The molecule has 0 aromatic heterocycles. The van der Waals surface area contributed by atoms with E-state index in [2.05, 4.69) is 47.6 Å². The van der Waals surface area contributed by atoms with Crippen molar-refractivity contribution in [1.82, 2.24) is 26.2 Å². The summed E-state index contributed by atoms with van der Waals surface area (Å²) in [5.74, 6) is 0.302. The third-order valence-corrected chi connectivity index (χ3v) is 9.64. The second-order valence-corrected chi connectivity index (χ2v) is 15.0. The summed E-state index contributed by atoms with van der Waals surface area (Å²) in [5.41, 5.74) is 7.48. The van der Waals surface area contributed by atoms with Gasteiger partial charge >= 0.3 is 0 Å². The maximum Gasteiger partial charge on any atom is 0.249 e. The van der Waals surface area contributed by atoms with Gasteiger partial charge in [-0.15, -0.1) is 0 Å². The van der Waals surface area contributed by atoms with Gasteiger partial charge in [0.1, 0.15) is 17.7 Å². The zero-order chi connectivity index (χ0) is 35.7. The number of hydrogen-bond acceptors (Lipinski definition) is 7. The van der Waals surface area contributed by atoms with Crippen molar-refractivity contribution < 1.29 is 19.1 Å². The van der Waals surface area contributed by atoms with Crippen molar-refractivity contribution in [3.8, 4) is 0 Å². The number of nitrogens with two attached hydrogens (primary N) is 1. The Balaban J connectivity index is 1.39. The minimum Gasteiger partial charge on any atom is -0.474 e. The number of carbonyl (C=O) groups excluding carboxylic acids is 3. The Kier molecular flexibility index (Phi) is 13.0. The minimum atomic E-state index is -0.768. The van der Waals surface area contributed by atoms with Gasteiger partial charge in [0.25, 0.3) is 0 Å². The van der Waals surface area contributed by atoms with Crippen LogP contribution in [0.2, 0.25) is 0 Å². The van der Waals surface area contributed by atoms with Gasteiger partial charge in [0, 0.05) is 23.5 Å². The largest absolute Gasteiger partial charge is 0.474 e. The highest BCUT2D eigenvalue weighted by molar-refractivity contribution is 5.94. The standard InChI is InChI=1S/C39H58N6O4/c1-25(42-34(36(40)46)30-15-10-8-11-16-30)24-41-37(47)26(2)32(23-29-20-21-29)43-27(3)33-19-14-22-45(33)38(48)35(31-17-12-9-13-18-31)44-28(4)49-39(5,6)7/h8,10-11,15-16,29,31-35,42-44H,1-4,9,12-14,17-24H2,5-7H3,(H2,40,46)(H,41,47). The third-order valence-electron chi connectivity index (χ3n) is 9.64. The molecular formula is C39H58N6O4. The van der Waals surface area contributed by atoms with Crippen LogP contribution in [0.3, 0.4) is 0 Å². The lowest BCUT2D eigenvalue weighted by atomic mass is 9.83. The molecule has 1 aromatic rings. The number of likely N-dealkylation sites (tertiary alicyclic amines) is 1. The fourth-order valence-corrected chi connectivity index (χ4v) is 6.97. The van der Waals surface area contributed by atoms with Gasteiger partial charge < -0.3 is 36.6 Å². The van der Waals surface area contributed by atoms with Gasteiger partial charge in [-0.3, -0.25) is 14.4 Å². The fraction of sp³-hybridized carbons (Fsp3) is 0.564. The molecule has 4 atom stereocenters. The molecule has 49 heavy (non-hydrogen) atoms. The molecule has 10 heteroatoms. The van der Waals surface area contributed by atoms with E-state index in [-0.39, 0.29) is 36.4 Å². The summed E-state index contributed by atoms with van der Waals surface area (Å²) < 4.78 is 5.99. The summed E-state index contributed by atoms with van der Waals surface area (Å²) in [4.78, 5) is 41.8. The molecule has 0 spiro atoms. The molecule has 3 amide bonds. The van der Waals surface area contributed by atoms with E-state index in [9.17, 15) is 14.4 Å². The number of hydrogen-bond donors (Lipinski definition) is 5. The smallest absolute Gasteiger partial charge is 0.249 e. The Morgan fingerprint density at radius 1 is 0.918 bits per heavy atom. The number of ether oxygens (including phenoxy) is 1. The number of amides is 3. The maximum absolute atomic E-state index is 14.3. The highest BCUT2D eigenvalue weighted by Crippen LogP contribution is 2.36. The van der Waals surface area contributed by atoms with Crippen LogP contribution in [0.1, 0.15) is 96.6 Å². The Bertz CT molecular complexity index is 1380. The van der Waals surface area contributed by atoms with E-state index in [4.69, 9.17) is 10.5 Å². The van der Waals surface area contributed by atoms with E-state index in [0.29, 0.717) is 35.2 Å². The van der Waals surface area contributed by atoms with Crippen LogP contribution in [0.25, 0.3) is 0 Å². The van der Waals surface area contributed by atoms with E-state index in [1.165, 1.54) is 6.42 Å². The molecule has 3 fully saturated rings. The summed E-state index contributed by atoms with van der Waals surface area (Å²) in [6.07, 6.45) is 10.00. The summed E-state index contributed by atoms with van der Waals surface area (Å²) in [5, 5.41) is 12.8. The summed E-state index contributed by atoms with van der Waals surface area (Å²) in [7, 11) is 0. The zero-order valence-corrected chi connectivity index (χ0v) is 29.8. The van der Waals surface area contributed by atoms with Gasteiger partial charge in [-0.05, 0) is 76.9 Å². The lowest BCUT2D eigenvalue weighted by Gasteiger charge is -2.37. The second-order valence-electron chi connectivity index (χ2n) is 15.0. The first-order valence-corrected chi connectivity index (χ1v) is 17.9. The first-order valence-electron chi connectivity index (χ1n) is 17.9. The van der Waals surface area contributed by atoms with Gasteiger partial charge in [-0.1, -0.05) is 82.2 Å². The monoisotopic (exact) mass is 674 g/mol. The van der Waals surface area contributed by atoms with Gasteiger partial charge in [-0.25, -0.2) is 0 Å². The normalized spacial score (nSPS) is 19.9. The highest BCUT2D eigenvalue weighted by Gasteiger charge is 2.40. The van der Waals surface area contributed by atoms with Crippen LogP contribution >= 0.6 is 0 Å². The van der Waals surface area contributed by atoms with E-state index in [1.54, 1.807) is 12.1 Å². The molecule has 1 aliphatic heterocycles. The average Bonchev–Trinajstić information content (AvgIpc) is 3.74. The molecule has 6 N–H and O–H groups in total. The molecule has 10 nitrogen and oxygen atoms in total. The molecule has 1 saturated heterocycles. The maximum atomic E-state index is 14.3. The highest BCUT2D eigenvalue weighted by atomic mass is 16.5. The lowest BCUT2D eigenvalue weighted by molar-refractivity contribution is -0.136. The van der Waals surface area contributed by atoms with Crippen molar-refractivity contribution >= 4 is 17.7 Å². The van der Waals surface area contributed by atoms with Crippen LogP contribution in [-0.2, 0) is 19.1 Å². The molecule has 0 bridgehead atoms. The molecule has 2 saturated carbocycles. The predicted octanol–water partition coefficient (Wildman–Crippen LogP) is 5.08. The van der Waals surface area contributed by atoms with E-state index in [1.807, 2.05) is 43.9 Å². The number of carbonyl (C=O) groups is 3. The van der Waals surface area contributed by atoms with Gasteiger partial charge in [-0.2, -0.15) is 0 Å². The van der Waals surface area contributed by atoms with Crippen LogP contribution in [0, 0.1) is 11.8 Å². The lowest BCUT2D eigenvalue weighted by Crippen LogP contribution is -2.53. The minimum absolute atomic E-state index is 0.0436. The van der Waals surface area contributed by atoms with E-state index >= 15 is 0 Å². The van der Waals surface area contributed by atoms with E-state index < -0.39 is 23.6 Å². The second kappa shape index (κ2) is 16.9. The topological polar surface area (TPSA) is 138 Å². The van der Waals surface area contributed by atoms with Gasteiger partial charge in [0.15, 0.2) is 5.88 Å². The van der Waals surface area contributed by atoms with Crippen molar-refractivity contribution in [3.05, 3.63) is 85.1 Å². The SMILES string of the molecule is C=C(CNC(=O)C(=C)C(CC1CC1)NC(=C)C1CCCN1C(=O)C(NC(=C)OC(C)(C)C)C1CCCCC1)NC(C(N)=O)c1ccccc1. The van der Waals surface area contributed by atoms with Crippen molar-refractivity contribution in [2.24, 2.45) is 17.6 Å². The number of nitrogens with one attached hydrogen (secondary N) is 4. The number of rotatable bonds is 18. The molecule has 0 radical (unpaired) electrons. The Morgan fingerprint density at radius 3 is 2.20 bits per heavy atom. The molecule has 4 rings (SSSR count). The fourth-order valence-electron chi connectivity index (χ4n) is 6.97. The predicted molar refractivity (Wildman–Crippen MR) is 194 cm³/mol. The van der Waals surface area contributed by atoms with E-state index in [0.717, 1.165) is 63.5 Å². The van der Waals surface area contributed by atoms with Crippen LogP contribution < -0.4 is 27.0 Å². The molecule has 1 heterocycles. The Morgan fingerprint density at radius 2 is 1.59 bits per heavy atom. The van der Waals surface area contributed by atoms with Gasteiger partial charge in [0.05, 0.1) is 18.6 Å². The molecule has 2 aliphatic carbocycles. The van der Waals surface area contributed by atoms with Gasteiger partial charge in [0.2, 0.25) is 17.7 Å². The number of nitrogens with zero attached hydrogens (tertiary/aromatic N) is 1. The molecule has 4 unspecified atom stereocenters. The first kappa shape index (κ1) is 37.6. The van der Waals surface area contributed by atoms with Crippen LogP contribution in [0.15, 0.2) is 79.5 Å². The van der Waals surface area contributed by atoms with Crippen LogP contribution in [0.4, 0.5) is 0 Å². The first-order chi connectivity index (χ1) is 23.2. The summed E-state index contributed by atoms with van der Waals surface area (Å²) in [6.45, 7) is 23.3.